The van der Waals surface area contributed by atoms with Crippen molar-refractivity contribution in [2.45, 2.75) is 39.3 Å². The van der Waals surface area contributed by atoms with Crippen LogP contribution in [-0.2, 0) is 16.1 Å². The number of Topliss-reactive ketones (excluding diaryl/α,β-unsaturated/α-hetero) is 1. The lowest BCUT2D eigenvalue weighted by Crippen LogP contribution is -2.41. The molecule has 0 bridgehead atoms. The third-order valence-corrected chi connectivity index (χ3v) is 7.70. The quantitative estimate of drug-likeness (QED) is 0.454. The van der Waals surface area contributed by atoms with E-state index >= 15 is 0 Å². The van der Waals surface area contributed by atoms with E-state index in [-0.39, 0.29) is 29.7 Å². The molecule has 2 aromatic carbocycles. The van der Waals surface area contributed by atoms with Gasteiger partial charge in [0, 0.05) is 29.1 Å². The van der Waals surface area contributed by atoms with Gasteiger partial charge in [-0.05, 0) is 53.1 Å². The predicted octanol–water partition coefficient (Wildman–Crippen LogP) is 5.69. The summed E-state index contributed by atoms with van der Waals surface area (Å²) in [5.41, 5.74) is 4.43. The number of fused-ring (bicyclic) bond motifs is 1. The maximum Gasteiger partial charge on any atom is 0.239 e. The Balaban J connectivity index is 1.49. The molecule has 2 N–H and O–H groups in total. The number of ketones is 1. The number of anilines is 2. The van der Waals surface area contributed by atoms with Gasteiger partial charge in [0.1, 0.15) is 5.75 Å². The van der Waals surface area contributed by atoms with Crippen LogP contribution >= 0.6 is 11.3 Å². The van der Waals surface area contributed by atoms with E-state index in [0.717, 1.165) is 45.3 Å². The molecule has 1 aromatic heterocycles. The van der Waals surface area contributed by atoms with Gasteiger partial charge in [-0.3, -0.25) is 9.59 Å². The van der Waals surface area contributed by atoms with Crippen molar-refractivity contribution in [3.63, 3.8) is 0 Å². The molecule has 36 heavy (non-hydrogen) atoms. The fourth-order valence-electron chi connectivity index (χ4n) is 5.12. The van der Waals surface area contributed by atoms with Gasteiger partial charge in [0.2, 0.25) is 5.91 Å². The molecule has 0 spiro atoms. The number of methoxy groups -OCH3 is 1. The molecule has 0 saturated heterocycles. The minimum absolute atomic E-state index is 0.102. The van der Waals surface area contributed by atoms with E-state index in [2.05, 4.69) is 35.4 Å². The molecular formula is C29H31N3O3S. The number of carbonyl (C=O) groups is 2. The highest BCUT2D eigenvalue weighted by molar-refractivity contribution is 7.10. The van der Waals surface area contributed by atoms with Crippen molar-refractivity contribution >= 4 is 34.4 Å². The zero-order valence-electron chi connectivity index (χ0n) is 20.8. The molecule has 6 nitrogen and oxygen atoms in total. The van der Waals surface area contributed by atoms with E-state index in [1.54, 1.807) is 18.4 Å². The van der Waals surface area contributed by atoms with Crippen molar-refractivity contribution in [1.29, 1.82) is 0 Å². The molecule has 1 aliphatic heterocycles. The molecule has 186 valence electrons. The molecule has 1 aliphatic carbocycles. The van der Waals surface area contributed by atoms with E-state index in [9.17, 15) is 9.59 Å². The number of rotatable bonds is 6. The first kappa shape index (κ1) is 24.1. The lowest BCUT2D eigenvalue weighted by Gasteiger charge is -2.37. The van der Waals surface area contributed by atoms with Gasteiger partial charge in [-0.15, -0.1) is 11.3 Å². The van der Waals surface area contributed by atoms with E-state index < -0.39 is 0 Å². The third-order valence-electron chi connectivity index (χ3n) is 6.78. The normalized spacial score (nSPS) is 18.6. The third kappa shape index (κ3) is 4.88. The van der Waals surface area contributed by atoms with E-state index in [1.807, 2.05) is 60.0 Å². The van der Waals surface area contributed by atoms with Crippen molar-refractivity contribution in [3.05, 3.63) is 87.8 Å². The summed E-state index contributed by atoms with van der Waals surface area (Å²) < 4.78 is 5.22. The highest BCUT2D eigenvalue weighted by atomic mass is 32.1. The molecular weight excluding hydrogens is 470 g/mol. The van der Waals surface area contributed by atoms with E-state index in [0.29, 0.717) is 13.0 Å². The van der Waals surface area contributed by atoms with Crippen molar-refractivity contribution in [2.75, 3.05) is 23.9 Å². The Morgan fingerprint density at radius 2 is 1.89 bits per heavy atom. The van der Waals surface area contributed by atoms with Gasteiger partial charge in [0.05, 0.1) is 31.1 Å². The molecule has 2 aliphatic rings. The topological polar surface area (TPSA) is 70.7 Å². The summed E-state index contributed by atoms with van der Waals surface area (Å²) >= 11 is 1.62. The van der Waals surface area contributed by atoms with Crippen molar-refractivity contribution in [2.24, 2.45) is 5.41 Å². The van der Waals surface area contributed by atoms with Gasteiger partial charge in [0.15, 0.2) is 5.78 Å². The minimum atomic E-state index is -0.327. The molecule has 1 amide bonds. The van der Waals surface area contributed by atoms with Crippen LogP contribution in [0, 0.1) is 5.41 Å². The molecule has 2 heterocycles. The minimum Gasteiger partial charge on any atom is -0.497 e. The number of nitrogens with zero attached hydrogens (tertiary/aromatic N) is 1. The van der Waals surface area contributed by atoms with Gasteiger partial charge in [-0.1, -0.05) is 44.2 Å². The number of hydrogen-bond donors (Lipinski definition) is 2. The Labute approximate surface area is 216 Å². The molecule has 5 rings (SSSR count). The number of allylic oxidation sites excluding steroid dienone is 1. The van der Waals surface area contributed by atoms with Gasteiger partial charge >= 0.3 is 0 Å². The van der Waals surface area contributed by atoms with Gasteiger partial charge < -0.3 is 20.3 Å². The highest BCUT2D eigenvalue weighted by Gasteiger charge is 2.42. The van der Waals surface area contributed by atoms with Crippen molar-refractivity contribution < 1.29 is 14.3 Å². The summed E-state index contributed by atoms with van der Waals surface area (Å²) in [6, 6.07) is 19.4. The number of ether oxygens (including phenoxy) is 1. The second-order valence-electron chi connectivity index (χ2n) is 10.1. The number of hydrogen-bond acceptors (Lipinski definition) is 6. The average molecular weight is 502 g/mol. The zero-order chi connectivity index (χ0) is 25.3. The molecule has 1 unspecified atom stereocenters. The Morgan fingerprint density at radius 3 is 2.61 bits per heavy atom. The van der Waals surface area contributed by atoms with Crippen LogP contribution in [0.25, 0.3) is 0 Å². The highest BCUT2D eigenvalue weighted by Crippen LogP contribution is 2.48. The summed E-state index contributed by atoms with van der Waals surface area (Å²) in [5.74, 6) is 0.820. The largest absolute Gasteiger partial charge is 0.497 e. The van der Waals surface area contributed by atoms with Crippen LogP contribution in [0.15, 0.2) is 77.3 Å². The molecule has 1 atom stereocenters. The summed E-state index contributed by atoms with van der Waals surface area (Å²) in [5, 5.41) is 8.67. The van der Waals surface area contributed by atoms with E-state index in [1.165, 1.54) is 0 Å². The number of para-hydroxylation sites is 2. The standard InChI is InChI=1S/C29H31N3O3S/c1-29(2)15-22-27(24(33)16-29)28(25-9-6-14-36-25)32(23-8-5-4-7-21(23)31-22)18-26(34)30-17-19-10-12-20(35-3)13-11-19/h4-14,28,31H,15-18H2,1-3H3,(H,30,34). The number of amides is 1. The second-order valence-corrected chi connectivity index (χ2v) is 11.1. The molecule has 3 aromatic rings. The smallest absolute Gasteiger partial charge is 0.239 e. The van der Waals surface area contributed by atoms with Crippen LogP contribution in [0.4, 0.5) is 11.4 Å². The number of carbonyl (C=O) groups excluding carboxylic acids is 2. The summed E-state index contributed by atoms with van der Waals surface area (Å²) in [6.45, 7) is 4.82. The number of benzene rings is 2. The first-order valence-electron chi connectivity index (χ1n) is 12.2. The van der Waals surface area contributed by atoms with Gasteiger partial charge in [-0.25, -0.2) is 0 Å². The van der Waals surface area contributed by atoms with Crippen molar-refractivity contribution in [1.82, 2.24) is 5.32 Å². The monoisotopic (exact) mass is 501 g/mol. The first-order valence-corrected chi connectivity index (χ1v) is 13.0. The zero-order valence-corrected chi connectivity index (χ0v) is 21.7. The van der Waals surface area contributed by atoms with Crippen LogP contribution < -0.4 is 20.3 Å². The molecule has 7 heteroatoms. The Bertz CT molecular complexity index is 1300. The summed E-state index contributed by atoms with van der Waals surface area (Å²) in [7, 11) is 1.63. The number of thiophene rings is 1. The second kappa shape index (κ2) is 9.82. The van der Waals surface area contributed by atoms with Crippen LogP contribution in [0.3, 0.4) is 0 Å². The average Bonchev–Trinajstić information content (AvgIpc) is 3.34. The van der Waals surface area contributed by atoms with Gasteiger partial charge in [0.25, 0.3) is 0 Å². The maximum atomic E-state index is 13.6. The summed E-state index contributed by atoms with van der Waals surface area (Å²) in [4.78, 5) is 30.0. The van der Waals surface area contributed by atoms with Crippen LogP contribution in [0.5, 0.6) is 5.75 Å². The maximum absolute atomic E-state index is 13.6. The fourth-order valence-corrected chi connectivity index (χ4v) is 5.97. The van der Waals surface area contributed by atoms with Crippen LogP contribution in [-0.4, -0.2) is 25.3 Å². The number of nitrogens with one attached hydrogen (secondary N) is 2. The Hall–Kier alpha value is -3.58. The SMILES string of the molecule is COc1ccc(CNC(=O)CN2c3ccccc3NC3=C(C(=O)CC(C)(C)C3)C2c2cccs2)cc1. The molecule has 0 fully saturated rings. The van der Waals surface area contributed by atoms with Crippen molar-refractivity contribution in [3.8, 4) is 5.75 Å². The lowest BCUT2D eigenvalue weighted by atomic mass is 9.74. The molecule has 0 radical (unpaired) electrons. The Kier molecular flexibility index (Phi) is 6.58. The predicted molar refractivity (Wildman–Crippen MR) is 144 cm³/mol. The van der Waals surface area contributed by atoms with E-state index in [4.69, 9.17) is 4.74 Å². The first-order chi connectivity index (χ1) is 17.3. The molecule has 0 saturated carbocycles. The lowest BCUT2D eigenvalue weighted by molar-refractivity contribution is -0.120. The van der Waals surface area contributed by atoms with Gasteiger partial charge in [-0.2, -0.15) is 0 Å². The van der Waals surface area contributed by atoms with Crippen LogP contribution in [0.2, 0.25) is 0 Å². The van der Waals surface area contributed by atoms with Crippen LogP contribution in [0.1, 0.15) is 43.2 Å². The Morgan fingerprint density at radius 1 is 1.11 bits per heavy atom. The summed E-state index contributed by atoms with van der Waals surface area (Å²) in [6.07, 6.45) is 1.27. The fraction of sp³-hybridized carbons (Fsp3) is 0.310.